The lowest BCUT2D eigenvalue weighted by Gasteiger charge is -2.31. The van der Waals surface area contributed by atoms with Crippen molar-refractivity contribution in [1.29, 1.82) is 0 Å². The number of anilines is 1. The van der Waals surface area contributed by atoms with Gasteiger partial charge < -0.3 is 10.6 Å². The Balaban J connectivity index is 1.53. The lowest BCUT2D eigenvalue weighted by atomic mass is 10.1. The lowest BCUT2D eigenvalue weighted by molar-refractivity contribution is 0.503. The van der Waals surface area contributed by atoms with E-state index in [9.17, 15) is 0 Å². The van der Waals surface area contributed by atoms with E-state index in [4.69, 9.17) is 10.7 Å². The third-order valence-electron chi connectivity index (χ3n) is 5.46. The second-order valence-corrected chi connectivity index (χ2v) is 7.50. The Hall–Kier alpha value is -3.26. The van der Waals surface area contributed by atoms with E-state index < -0.39 is 0 Å². The second kappa shape index (κ2) is 7.29. The number of aromatic nitrogens is 6. The van der Waals surface area contributed by atoms with Crippen LogP contribution in [-0.2, 0) is 6.54 Å². The fraction of sp³-hybridized carbons (Fsp3) is 0.333. The number of nitrogens with zero attached hydrogens (tertiary/aromatic N) is 6. The summed E-state index contributed by atoms with van der Waals surface area (Å²) in [5.41, 5.74) is 10.6. The molecular formula is C21H24N8. The van der Waals surface area contributed by atoms with Gasteiger partial charge in [-0.2, -0.15) is 10.2 Å². The quantitative estimate of drug-likeness (QED) is 0.557. The van der Waals surface area contributed by atoms with Crippen molar-refractivity contribution in [2.45, 2.75) is 32.4 Å². The van der Waals surface area contributed by atoms with Crippen LogP contribution in [-0.4, -0.2) is 49.1 Å². The van der Waals surface area contributed by atoms with E-state index >= 15 is 0 Å². The molecule has 3 N–H and O–H groups in total. The number of rotatable bonds is 4. The number of nitrogens with one attached hydrogen (secondary N) is 1. The minimum Gasteiger partial charge on any atom is -0.355 e. The molecule has 1 fully saturated rings. The summed E-state index contributed by atoms with van der Waals surface area (Å²) in [7, 11) is 0. The Labute approximate surface area is 168 Å². The first-order chi connectivity index (χ1) is 14.2. The molecule has 1 aliphatic rings. The smallest absolute Gasteiger partial charge is 0.129 e. The molecule has 0 radical (unpaired) electrons. The highest BCUT2D eigenvalue weighted by Crippen LogP contribution is 2.29. The molecule has 5 heterocycles. The Morgan fingerprint density at radius 2 is 2.17 bits per heavy atom. The molecule has 148 valence electrons. The van der Waals surface area contributed by atoms with Crippen LogP contribution in [0.2, 0.25) is 0 Å². The number of nitrogens with two attached hydrogens (primary N) is 1. The van der Waals surface area contributed by atoms with E-state index in [1.54, 1.807) is 0 Å². The maximum Gasteiger partial charge on any atom is 0.129 e. The topological polar surface area (TPSA) is 102 Å². The highest BCUT2D eigenvalue weighted by Gasteiger charge is 2.19. The summed E-state index contributed by atoms with van der Waals surface area (Å²) in [6.45, 7) is 4.72. The summed E-state index contributed by atoms with van der Waals surface area (Å²) in [5.74, 6) is 0.951. The predicted octanol–water partition coefficient (Wildman–Crippen LogP) is 2.83. The average molecular weight is 388 g/mol. The van der Waals surface area contributed by atoms with Gasteiger partial charge in [0.1, 0.15) is 11.5 Å². The molecular weight excluding hydrogens is 364 g/mol. The molecule has 1 unspecified atom stereocenters. The normalized spacial score (nSPS) is 17.2. The van der Waals surface area contributed by atoms with E-state index in [-0.39, 0.29) is 6.04 Å². The highest BCUT2D eigenvalue weighted by molar-refractivity contribution is 5.93. The summed E-state index contributed by atoms with van der Waals surface area (Å²) in [6, 6.07) is 8.33. The van der Waals surface area contributed by atoms with Crippen LogP contribution in [0.3, 0.4) is 0 Å². The van der Waals surface area contributed by atoms with Crippen molar-refractivity contribution in [3.63, 3.8) is 0 Å². The molecule has 8 nitrogen and oxygen atoms in total. The number of aromatic amines is 1. The van der Waals surface area contributed by atoms with E-state index in [2.05, 4.69) is 38.2 Å². The third-order valence-corrected chi connectivity index (χ3v) is 5.46. The van der Waals surface area contributed by atoms with Gasteiger partial charge in [-0.25, -0.2) is 4.98 Å². The standard InChI is InChI=1S/C21H24N8/c1-2-29-12-14(10-24-29)18-9-16-19(11-23-18)26-27-21(16)17-6-3-7-20(25-17)28-8-4-5-15(22)13-28/h3,6-7,9-12,15H,2,4-5,8,13,22H2,1H3,(H,26,27). The zero-order valence-corrected chi connectivity index (χ0v) is 16.4. The van der Waals surface area contributed by atoms with Crippen LogP contribution in [0, 0.1) is 0 Å². The van der Waals surface area contributed by atoms with Crippen LogP contribution in [0.1, 0.15) is 19.8 Å². The largest absolute Gasteiger partial charge is 0.355 e. The van der Waals surface area contributed by atoms with Crippen molar-refractivity contribution in [2.75, 3.05) is 18.0 Å². The van der Waals surface area contributed by atoms with Gasteiger partial charge in [-0.1, -0.05) is 6.07 Å². The van der Waals surface area contributed by atoms with Gasteiger partial charge in [-0.05, 0) is 38.0 Å². The molecule has 0 amide bonds. The second-order valence-electron chi connectivity index (χ2n) is 7.50. The van der Waals surface area contributed by atoms with Crippen molar-refractivity contribution < 1.29 is 0 Å². The van der Waals surface area contributed by atoms with Gasteiger partial charge in [-0.15, -0.1) is 0 Å². The van der Waals surface area contributed by atoms with Crippen LogP contribution >= 0.6 is 0 Å². The average Bonchev–Trinajstić information content (AvgIpc) is 3.40. The first kappa shape index (κ1) is 17.8. The Morgan fingerprint density at radius 3 is 3.00 bits per heavy atom. The summed E-state index contributed by atoms with van der Waals surface area (Å²) in [5, 5.41) is 13.0. The van der Waals surface area contributed by atoms with E-state index in [1.165, 1.54) is 0 Å². The Morgan fingerprint density at radius 1 is 1.24 bits per heavy atom. The van der Waals surface area contributed by atoms with Crippen molar-refractivity contribution >= 4 is 16.7 Å². The number of aryl methyl sites for hydroxylation is 1. The Bertz CT molecular complexity index is 1140. The number of hydrogen-bond acceptors (Lipinski definition) is 6. The molecule has 8 heteroatoms. The maximum absolute atomic E-state index is 6.15. The molecule has 4 aromatic heterocycles. The molecule has 29 heavy (non-hydrogen) atoms. The monoisotopic (exact) mass is 388 g/mol. The van der Waals surface area contributed by atoms with Crippen molar-refractivity contribution in [2.24, 2.45) is 5.73 Å². The molecule has 1 saturated heterocycles. The first-order valence-electron chi connectivity index (χ1n) is 10.1. The van der Waals surface area contributed by atoms with Gasteiger partial charge in [0, 0.05) is 42.8 Å². The first-order valence-corrected chi connectivity index (χ1v) is 10.1. The number of H-pyrrole nitrogens is 1. The summed E-state index contributed by atoms with van der Waals surface area (Å²) in [4.78, 5) is 11.7. The van der Waals surface area contributed by atoms with Crippen LogP contribution in [0.5, 0.6) is 0 Å². The van der Waals surface area contributed by atoms with E-state index in [1.807, 2.05) is 41.5 Å². The maximum atomic E-state index is 6.15. The van der Waals surface area contributed by atoms with Crippen LogP contribution in [0.4, 0.5) is 5.82 Å². The summed E-state index contributed by atoms with van der Waals surface area (Å²) < 4.78 is 1.89. The minimum atomic E-state index is 0.207. The molecule has 1 atom stereocenters. The van der Waals surface area contributed by atoms with Crippen LogP contribution < -0.4 is 10.6 Å². The van der Waals surface area contributed by atoms with Gasteiger partial charge in [0.05, 0.1) is 29.3 Å². The van der Waals surface area contributed by atoms with Crippen LogP contribution in [0.15, 0.2) is 42.9 Å². The Kier molecular flexibility index (Phi) is 4.48. The molecule has 0 spiro atoms. The molecule has 4 aromatic rings. The fourth-order valence-corrected chi connectivity index (χ4v) is 3.89. The zero-order chi connectivity index (χ0) is 19.8. The van der Waals surface area contributed by atoms with Crippen molar-refractivity contribution in [3.8, 4) is 22.6 Å². The molecule has 0 saturated carbocycles. The van der Waals surface area contributed by atoms with Crippen LogP contribution in [0.25, 0.3) is 33.5 Å². The van der Waals surface area contributed by atoms with Gasteiger partial charge >= 0.3 is 0 Å². The minimum absolute atomic E-state index is 0.207. The number of piperidine rings is 1. The lowest BCUT2D eigenvalue weighted by Crippen LogP contribution is -2.43. The van der Waals surface area contributed by atoms with Gasteiger partial charge in [0.2, 0.25) is 0 Å². The summed E-state index contributed by atoms with van der Waals surface area (Å²) in [6.07, 6.45) is 7.84. The van der Waals surface area contributed by atoms with E-state index in [0.29, 0.717) is 0 Å². The van der Waals surface area contributed by atoms with Gasteiger partial charge in [0.15, 0.2) is 0 Å². The molecule has 5 rings (SSSR count). The summed E-state index contributed by atoms with van der Waals surface area (Å²) >= 11 is 0. The number of hydrogen-bond donors (Lipinski definition) is 2. The predicted molar refractivity (Wildman–Crippen MR) is 113 cm³/mol. The molecule has 0 aromatic carbocycles. The SMILES string of the molecule is CCn1cc(-c2cc3c(-c4cccc(N5CCCC(N)C5)n4)n[nH]c3cn2)cn1. The number of fused-ring (bicyclic) bond motifs is 1. The number of pyridine rings is 2. The zero-order valence-electron chi connectivity index (χ0n) is 16.4. The van der Waals surface area contributed by atoms with Crippen molar-refractivity contribution in [1.82, 2.24) is 29.9 Å². The van der Waals surface area contributed by atoms with Gasteiger partial charge in [-0.3, -0.25) is 14.8 Å². The third kappa shape index (κ3) is 3.36. The molecule has 0 aliphatic carbocycles. The highest BCUT2D eigenvalue weighted by atomic mass is 15.3. The van der Waals surface area contributed by atoms with Gasteiger partial charge in [0.25, 0.3) is 0 Å². The molecule has 0 bridgehead atoms. The van der Waals surface area contributed by atoms with Crippen molar-refractivity contribution in [3.05, 3.63) is 42.9 Å². The van der Waals surface area contributed by atoms with E-state index in [0.717, 1.165) is 71.8 Å². The fourth-order valence-electron chi connectivity index (χ4n) is 3.89. The molecule has 1 aliphatic heterocycles.